The highest BCUT2D eigenvalue weighted by molar-refractivity contribution is 6.27. The van der Waals surface area contributed by atoms with Gasteiger partial charge in [0.2, 0.25) is 5.95 Å². The number of aromatic nitrogens is 2. The maximum Gasteiger partial charge on any atom is 0.414 e. The van der Waals surface area contributed by atoms with Crippen molar-refractivity contribution in [3.8, 4) is 11.5 Å². The predicted molar refractivity (Wildman–Crippen MR) is 120 cm³/mol. The van der Waals surface area contributed by atoms with Crippen LogP contribution in [0.2, 0.25) is 0 Å². The standard InChI is InChI=1S/C19H25N5O4.C2H2O4/c1-26-15-10-12-13(11-16(15)27-2)21-19(22-17(12)20)24-7-5-23(6-8-24)18(25)14-4-3-9-28-14;3-1(4)2(5)6/h10-11,14H,3-9H2,1-2H3,(H2,20,21,22);(H,3,4)(H,5,6). The monoisotopic (exact) mass is 477 g/mol. The zero-order chi connectivity index (χ0) is 24.8. The van der Waals surface area contributed by atoms with E-state index in [0.29, 0.717) is 67.0 Å². The number of carboxylic acids is 2. The predicted octanol–water partition coefficient (Wildman–Crippen LogP) is 0.212. The van der Waals surface area contributed by atoms with Crippen molar-refractivity contribution in [2.24, 2.45) is 0 Å². The fourth-order valence-corrected chi connectivity index (χ4v) is 3.71. The molecule has 3 heterocycles. The van der Waals surface area contributed by atoms with Gasteiger partial charge in [-0.1, -0.05) is 0 Å². The number of piperazine rings is 1. The van der Waals surface area contributed by atoms with Crippen LogP contribution in [0.15, 0.2) is 12.1 Å². The highest BCUT2D eigenvalue weighted by atomic mass is 16.5. The quantitative estimate of drug-likeness (QED) is 0.511. The van der Waals surface area contributed by atoms with Crippen LogP contribution in [-0.2, 0) is 19.1 Å². The smallest absolute Gasteiger partial charge is 0.414 e. The molecule has 13 heteroatoms. The summed E-state index contributed by atoms with van der Waals surface area (Å²) in [5.41, 5.74) is 6.87. The molecule has 1 aromatic carbocycles. The molecule has 2 aliphatic heterocycles. The zero-order valence-electron chi connectivity index (χ0n) is 18.9. The molecule has 2 fully saturated rings. The molecule has 2 aromatic rings. The number of carboxylic acid groups (broad SMARTS) is 2. The molecule has 13 nitrogen and oxygen atoms in total. The Bertz CT molecular complexity index is 1050. The number of rotatable bonds is 4. The van der Waals surface area contributed by atoms with Crippen molar-refractivity contribution in [1.82, 2.24) is 14.9 Å². The first kappa shape index (κ1) is 24.8. The second-order valence-corrected chi connectivity index (χ2v) is 7.56. The normalized spacial score (nSPS) is 17.6. The van der Waals surface area contributed by atoms with Crippen LogP contribution < -0.4 is 20.1 Å². The summed E-state index contributed by atoms with van der Waals surface area (Å²) >= 11 is 0. The van der Waals surface area contributed by atoms with E-state index < -0.39 is 11.9 Å². The molecule has 0 radical (unpaired) electrons. The minimum Gasteiger partial charge on any atom is -0.493 e. The number of hydrogen-bond donors (Lipinski definition) is 3. The van der Waals surface area contributed by atoms with Gasteiger partial charge in [0.15, 0.2) is 11.5 Å². The molecule has 0 aliphatic carbocycles. The van der Waals surface area contributed by atoms with Crippen LogP contribution in [0, 0.1) is 0 Å². The molecule has 2 saturated heterocycles. The Morgan fingerprint density at radius 3 is 2.18 bits per heavy atom. The van der Waals surface area contributed by atoms with Crippen molar-refractivity contribution in [2.75, 3.05) is 57.6 Å². The van der Waals surface area contributed by atoms with Gasteiger partial charge in [-0.05, 0) is 18.9 Å². The summed E-state index contributed by atoms with van der Waals surface area (Å²) in [6.07, 6.45) is 1.49. The van der Waals surface area contributed by atoms with Crippen molar-refractivity contribution in [1.29, 1.82) is 0 Å². The molecule has 0 bridgehead atoms. The third kappa shape index (κ3) is 5.54. The van der Waals surface area contributed by atoms with Gasteiger partial charge in [-0.3, -0.25) is 4.79 Å². The van der Waals surface area contributed by atoms with E-state index in [2.05, 4.69) is 9.97 Å². The summed E-state index contributed by atoms with van der Waals surface area (Å²) in [6, 6.07) is 3.58. The maximum absolute atomic E-state index is 12.5. The number of methoxy groups -OCH3 is 2. The average molecular weight is 477 g/mol. The fraction of sp³-hybridized carbons (Fsp3) is 0.476. The van der Waals surface area contributed by atoms with E-state index in [1.807, 2.05) is 9.80 Å². The summed E-state index contributed by atoms with van der Waals surface area (Å²) in [4.78, 5) is 43.8. The molecule has 2 aliphatic rings. The number of nitrogens with two attached hydrogens (primary N) is 1. The highest BCUT2D eigenvalue weighted by Gasteiger charge is 2.31. The van der Waals surface area contributed by atoms with E-state index in [-0.39, 0.29) is 12.0 Å². The van der Waals surface area contributed by atoms with Gasteiger partial charge >= 0.3 is 11.9 Å². The van der Waals surface area contributed by atoms with E-state index >= 15 is 0 Å². The molecule has 1 unspecified atom stereocenters. The second-order valence-electron chi connectivity index (χ2n) is 7.56. The van der Waals surface area contributed by atoms with Crippen LogP contribution in [0.25, 0.3) is 10.9 Å². The summed E-state index contributed by atoms with van der Waals surface area (Å²) in [7, 11) is 3.16. The molecule has 1 atom stereocenters. The van der Waals surface area contributed by atoms with Crippen LogP contribution >= 0.6 is 0 Å². The molecule has 1 amide bonds. The second kappa shape index (κ2) is 10.8. The Hall–Kier alpha value is -3.87. The Balaban J connectivity index is 0.000000481. The third-order valence-electron chi connectivity index (χ3n) is 5.48. The number of nitrogen functional groups attached to an aromatic ring is 1. The van der Waals surface area contributed by atoms with Crippen LogP contribution in [0.3, 0.4) is 0 Å². The van der Waals surface area contributed by atoms with Crippen molar-refractivity contribution in [3.05, 3.63) is 12.1 Å². The number of nitrogens with zero attached hydrogens (tertiary/aromatic N) is 4. The number of ether oxygens (including phenoxy) is 3. The SMILES string of the molecule is COc1cc2nc(N3CCN(C(=O)C4CCCO4)CC3)nc(N)c2cc1OC.O=C(O)C(=O)O. The maximum atomic E-state index is 12.5. The summed E-state index contributed by atoms with van der Waals surface area (Å²) < 4.78 is 16.2. The number of aliphatic carboxylic acids is 2. The van der Waals surface area contributed by atoms with Crippen LogP contribution in [0.5, 0.6) is 11.5 Å². The van der Waals surface area contributed by atoms with Gasteiger partial charge < -0.3 is 40.0 Å². The van der Waals surface area contributed by atoms with Crippen LogP contribution in [0.4, 0.5) is 11.8 Å². The first-order chi connectivity index (χ1) is 16.2. The van der Waals surface area contributed by atoms with Gasteiger partial charge in [-0.25, -0.2) is 14.6 Å². The Morgan fingerprint density at radius 1 is 1.03 bits per heavy atom. The average Bonchev–Trinajstić information content (AvgIpc) is 3.38. The van der Waals surface area contributed by atoms with Crippen molar-refractivity contribution in [2.45, 2.75) is 18.9 Å². The van der Waals surface area contributed by atoms with Gasteiger partial charge in [-0.15, -0.1) is 0 Å². The lowest BCUT2D eigenvalue weighted by Crippen LogP contribution is -2.51. The van der Waals surface area contributed by atoms with Crippen LogP contribution in [-0.4, -0.2) is 96.0 Å². The number of amides is 1. The molecule has 184 valence electrons. The van der Waals surface area contributed by atoms with E-state index in [1.165, 1.54) is 0 Å². The van der Waals surface area contributed by atoms with Gasteiger partial charge in [0.05, 0.1) is 19.7 Å². The lowest BCUT2D eigenvalue weighted by atomic mass is 10.2. The number of fused-ring (bicyclic) bond motifs is 1. The number of carbonyl (C=O) groups is 3. The Labute approximate surface area is 195 Å². The molecule has 4 N–H and O–H groups in total. The molecule has 1 aromatic heterocycles. The lowest BCUT2D eigenvalue weighted by molar-refractivity contribution is -0.159. The minimum atomic E-state index is -1.82. The fourth-order valence-electron chi connectivity index (χ4n) is 3.71. The van der Waals surface area contributed by atoms with Crippen LogP contribution in [0.1, 0.15) is 12.8 Å². The van der Waals surface area contributed by atoms with E-state index in [1.54, 1.807) is 26.4 Å². The van der Waals surface area contributed by atoms with Crippen molar-refractivity contribution >= 4 is 40.5 Å². The number of anilines is 2. The van der Waals surface area contributed by atoms with Gasteiger partial charge in [0.25, 0.3) is 5.91 Å². The number of hydrogen-bond acceptors (Lipinski definition) is 10. The molecule has 34 heavy (non-hydrogen) atoms. The molecule has 0 saturated carbocycles. The van der Waals surface area contributed by atoms with Crippen molar-refractivity contribution < 1.29 is 38.8 Å². The molecule has 0 spiro atoms. The summed E-state index contributed by atoms with van der Waals surface area (Å²) in [6.45, 7) is 3.21. The van der Waals surface area contributed by atoms with E-state index in [4.69, 9.17) is 39.7 Å². The Morgan fingerprint density at radius 2 is 1.65 bits per heavy atom. The number of carbonyl (C=O) groups excluding carboxylic acids is 1. The van der Waals surface area contributed by atoms with E-state index in [0.717, 1.165) is 12.8 Å². The topological polar surface area (TPSA) is 178 Å². The first-order valence-corrected chi connectivity index (χ1v) is 10.6. The van der Waals surface area contributed by atoms with Gasteiger partial charge in [0.1, 0.15) is 11.9 Å². The first-order valence-electron chi connectivity index (χ1n) is 10.6. The Kier molecular flexibility index (Phi) is 7.89. The molecular weight excluding hydrogens is 450 g/mol. The zero-order valence-corrected chi connectivity index (χ0v) is 18.9. The highest BCUT2D eigenvalue weighted by Crippen LogP contribution is 2.34. The number of benzene rings is 1. The molecular formula is C21H27N5O8. The lowest BCUT2D eigenvalue weighted by Gasteiger charge is -2.35. The van der Waals surface area contributed by atoms with E-state index in [9.17, 15) is 4.79 Å². The van der Waals surface area contributed by atoms with Gasteiger partial charge in [0, 0.05) is 44.2 Å². The summed E-state index contributed by atoms with van der Waals surface area (Å²) in [5.74, 6) is -1.44. The minimum absolute atomic E-state index is 0.0907. The summed E-state index contributed by atoms with van der Waals surface area (Å²) in [5, 5.41) is 15.5. The van der Waals surface area contributed by atoms with Crippen molar-refractivity contribution in [3.63, 3.8) is 0 Å². The largest absolute Gasteiger partial charge is 0.493 e. The molecule has 4 rings (SSSR count). The van der Waals surface area contributed by atoms with Gasteiger partial charge in [-0.2, -0.15) is 4.98 Å². The third-order valence-corrected chi connectivity index (χ3v) is 5.48.